The summed E-state index contributed by atoms with van der Waals surface area (Å²) in [7, 11) is 1.95. The average molecular weight is 308 g/mol. The molecule has 0 bridgehead atoms. The summed E-state index contributed by atoms with van der Waals surface area (Å²) in [6.07, 6.45) is 0. The zero-order valence-electron chi connectivity index (χ0n) is 13.7. The van der Waals surface area contributed by atoms with E-state index in [-0.39, 0.29) is 18.3 Å². The second-order valence-electron chi connectivity index (χ2n) is 7.05. The minimum Gasteiger partial charge on any atom is -0.399 e. The van der Waals surface area contributed by atoms with Crippen LogP contribution in [0.4, 0.5) is 5.00 Å². The van der Waals surface area contributed by atoms with Crippen molar-refractivity contribution in [3.05, 3.63) is 12.1 Å². The highest BCUT2D eigenvalue weighted by molar-refractivity contribution is 7.25. The van der Waals surface area contributed by atoms with Crippen LogP contribution in [0.3, 0.4) is 0 Å². The molecule has 6 heteroatoms. The molecule has 3 rings (SSSR count). The SMILES string of the molecule is CN1CCN(c2ccc(B3OC(C)(C)C(C)(C)O3)s2)CC1. The zero-order valence-corrected chi connectivity index (χ0v) is 14.5. The molecule has 21 heavy (non-hydrogen) atoms. The van der Waals surface area contributed by atoms with E-state index in [4.69, 9.17) is 9.31 Å². The Morgan fingerprint density at radius 3 is 2.14 bits per heavy atom. The Kier molecular flexibility index (Phi) is 3.85. The maximum atomic E-state index is 6.13. The van der Waals surface area contributed by atoms with Gasteiger partial charge in [0, 0.05) is 31.0 Å². The quantitative estimate of drug-likeness (QED) is 0.778. The van der Waals surface area contributed by atoms with E-state index in [0.717, 1.165) is 26.2 Å². The second-order valence-corrected chi connectivity index (χ2v) is 8.15. The first-order valence-electron chi connectivity index (χ1n) is 7.67. The van der Waals surface area contributed by atoms with Gasteiger partial charge in [-0.3, -0.25) is 0 Å². The van der Waals surface area contributed by atoms with E-state index in [1.165, 1.54) is 9.78 Å². The van der Waals surface area contributed by atoms with Crippen molar-refractivity contribution in [2.24, 2.45) is 0 Å². The molecule has 0 saturated carbocycles. The van der Waals surface area contributed by atoms with Gasteiger partial charge in [-0.15, -0.1) is 11.3 Å². The molecule has 116 valence electrons. The van der Waals surface area contributed by atoms with Crippen molar-refractivity contribution in [2.45, 2.75) is 38.9 Å². The molecule has 1 aromatic heterocycles. The summed E-state index contributed by atoms with van der Waals surface area (Å²) in [5.41, 5.74) is -0.536. The summed E-state index contributed by atoms with van der Waals surface area (Å²) in [6.45, 7) is 12.8. The van der Waals surface area contributed by atoms with Crippen LogP contribution in [0.5, 0.6) is 0 Å². The van der Waals surface area contributed by atoms with E-state index in [9.17, 15) is 0 Å². The third-order valence-corrected chi connectivity index (χ3v) is 6.08. The molecule has 0 unspecified atom stereocenters. The third kappa shape index (κ3) is 2.87. The molecule has 3 heterocycles. The minimum atomic E-state index is -0.268. The Labute approximate surface area is 132 Å². The lowest BCUT2D eigenvalue weighted by molar-refractivity contribution is 0.00578. The zero-order chi connectivity index (χ0) is 15.3. The maximum Gasteiger partial charge on any atom is 0.505 e. The van der Waals surface area contributed by atoms with Crippen molar-refractivity contribution < 1.29 is 9.31 Å². The fourth-order valence-electron chi connectivity index (χ4n) is 2.62. The van der Waals surface area contributed by atoms with E-state index < -0.39 is 0 Å². The second kappa shape index (κ2) is 5.27. The first-order valence-corrected chi connectivity index (χ1v) is 8.49. The average Bonchev–Trinajstić information content (AvgIpc) is 2.94. The molecule has 0 radical (unpaired) electrons. The van der Waals surface area contributed by atoms with Gasteiger partial charge < -0.3 is 19.1 Å². The molecule has 2 fully saturated rings. The number of hydrogen-bond donors (Lipinski definition) is 0. The standard InChI is InChI=1S/C15H25BN2O2S/c1-14(2)15(3,4)20-16(19-14)12-6-7-13(21-12)18-10-8-17(5)9-11-18/h6-7H,8-11H2,1-5H3. The topological polar surface area (TPSA) is 24.9 Å². The van der Waals surface area contributed by atoms with Crippen LogP contribution in [0.2, 0.25) is 0 Å². The number of anilines is 1. The summed E-state index contributed by atoms with van der Waals surface area (Å²) in [6, 6.07) is 4.36. The molecule has 2 aliphatic rings. The van der Waals surface area contributed by atoms with Crippen LogP contribution in [-0.4, -0.2) is 56.4 Å². The molecule has 0 amide bonds. The van der Waals surface area contributed by atoms with Gasteiger partial charge in [0.25, 0.3) is 0 Å². The van der Waals surface area contributed by atoms with Crippen LogP contribution in [0.15, 0.2) is 12.1 Å². The first-order chi connectivity index (χ1) is 9.78. The Hall–Kier alpha value is -0.555. The highest BCUT2D eigenvalue weighted by Gasteiger charge is 2.52. The summed E-state index contributed by atoms with van der Waals surface area (Å²) < 4.78 is 13.4. The molecular formula is C15H25BN2O2S. The van der Waals surface area contributed by atoms with Gasteiger partial charge in [-0.05, 0) is 46.9 Å². The van der Waals surface area contributed by atoms with Gasteiger partial charge >= 0.3 is 7.12 Å². The lowest BCUT2D eigenvalue weighted by atomic mass is 9.88. The molecule has 0 aromatic carbocycles. The van der Waals surface area contributed by atoms with Crippen molar-refractivity contribution in [1.29, 1.82) is 0 Å². The van der Waals surface area contributed by atoms with E-state index in [1.807, 2.05) is 0 Å². The monoisotopic (exact) mass is 308 g/mol. The van der Waals surface area contributed by atoms with Crippen molar-refractivity contribution in [3.8, 4) is 0 Å². The van der Waals surface area contributed by atoms with Crippen molar-refractivity contribution in [1.82, 2.24) is 4.90 Å². The van der Waals surface area contributed by atoms with Crippen LogP contribution >= 0.6 is 11.3 Å². The van der Waals surface area contributed by atoms with Gasteiger partial charge in [-0.25, -0.2) is 0 Å². The van der Waals surface area contributed by atoms with Crippen molar-refractivity contribution in [3.63, 3.8) is 0 Å². The normalized spacial score (nSPS) is 25.6. The predicted octanol–water partition coefficient (Wildman–Crippen LogP) is 1.80. The summed E-state index contributed by atoms with van der Waals surface area (Å²) >= 11 is 1.80. The molecule has 0 aliphatic carbocycles. The Morgan fingerprint density at radius 2 is 1.57 bits per heavy atom. The molecule has 0 spiro atoms. The van der Waals surface area contributed by atoms with E-state index in [2.05, 4.69) is 56.7 Å². The number of nitrogens with zero attached hydrogens (tertiary/aromatic N) is 2. The van der Waals surface area contributed by atoms with Crippen molar-refractivity contribution >= 4 is 28.2 Å². The number of rotatable bonds is 2. The number of hydrogen-bond acceptors (Lipinski definition) is 5. The van der Waals surface area contributed by atoms with Crippen molar-refractivity contribution in [2.75, 3.05) is 38.1 Å². The van der Waals surface area contributed by atoms with Gasteiger partial charge in [0.2, 0.25) is 0 Å². The molecule has 2 saturated heterocycles. The summed E-state index contributed by atoms with van der Waals surface area (Å²) in [5, 5.41) is 1.33. The van der Waals surface area contributed by atoms with E-state index >= 15 is 0 Å². The lowest BCUT2D eigenvalue weighted by Crippen LogP contribution is -2.44. The summed E-state index contributed by atoms with van der Waals surface area (Å²) in [5.74, 6) is 0. The van der Waals surface area contributed by atoms with Gasteiger partial charge in [0.1, 0.15) is 0 Å². The van der Waals surface area contributed by atoms with Crippen LogP contribution in [-0.2, 0) is 9.31 Å². The smallest absolute Gasteiger partial charge is 0.399 e. The number of likely N-dealkylation sites (N-methyl/N-ethyl adjacent to an activating group) is 1. The van der Waals surface area contributed by atoms with Gasteiger partial charge in [-0.2, -0.15) is 0 Å². The summed E-state index contributed by atoms with van der Waals surface area (Å²) in [4.78, 5) is 4.83. The Morgan fingerprint density at radius 1 is 1.00 bits per heavy atom. The lowest BCUT2D eigenvalue weighted by Gasteiger charge is -2.32. The highest BCUT2D eigenvalue weighted by atomic mass is 32.1. The van der Waals surface area contributed by atoms with Gasteiger partial charge in [0.15, 0.2) is 0 Å². The van der Waals surface area contributed by atoms with E-state index in [1.54, 1.807) is 11.3 Å². The largest absolute Gasteiger partial charge is 0.505 e. The van der Waals surface area contributed by atoms with E-state index in [0.29, 0.717) is 0 Å². The minimum absolute atomic E-state index is 0.235. The van der Waals surface area contributed by atoms with Crippen LogP contribution in [0.1, 0.15) is 27.7 Å². The Bertz CT molecular complexity index is 494. The maximum absolute atomic E-state index is 6.13. The van der Waals surface area contributed by atoms with Crippen LogP contribution in [0.25, 0.3) is 0 Å². The van der Waals surface area contributed by atoms with Crippen LogP contribution in [0, 0.1) is 0 Å². The number of piperazine rings is 1. The van der Waals surface area contributed by atoms with Gasteiger partial charge in [-0.1, -0.05) is 0 Å². The molecule has 4 nitrogen and oxygen atoms in total. The van der Waals surface area contributed by atoms with Gasteiger partial charge in [0.05, 0.1) is 16.2 Å². The highest BCUT2D eigenvalue weighted by Crippen LogP contribution is 2.37. The molecule has 1 aromatic rings. The fraction of sp³-hybridized carbons (Fsp3) is 0.733. The van der Waals surface area contributed by atoms with Crippen LogP contribution < -0.4 is 9.68 Å². The number of thiophene rings is 1. The molecule has 0 atom stereocenters. The molecular weight excluding hydrogens is 283 g/mol. The first kappa shape index (κ1) is 15.3. The third-order valence-electron chi connectivity index (χ3n) is 4.91. The molecule has 0 N–H and O–H groups in total. The Balaban J connectivity index is 1.71. The fourth-order valence-corrected chi connectivity index (χ4v) is 3.64. The predicted molar refractivity (Wildman–Crippen MR) is 89.7 cm³/mol. The molecule has 2 aliphatic heterocycles.